The molecule has 0 N–H and O–H groups in total. The predicted octanol–water partition coefficient (Wildman–Crippen LogP) is 1.29. The van der Waals surface area contributed by atoms with Crippen molar-refractivity contribution in [2.75, 3.05) is 19.3 Å². The van der Waals surface area contributed by atoms with E-state index >= 15 is 0 Å². The lowest BCUT2D eigenvalue weighted by molar-refractivity contribution is 0.171. The summed E-state index contributed by atoms with van der Waals surface area (Å²) in [6, 6.07) is 0.593. The van der Waals surface area contributed by atoms with Crippen LogP contribution in [0.5, 0.6) is 0 Å². The minimum Gasteiger partial charge on any atom is -0.301 e. The van der Waals surface area contributed by atoms with Crippen LogP contribution in [-0.4, -0.2) is 44.0 Å². The molecule has 3 nitrogen and oxygen atoms in total. The number of hydrogen-bond donors (Lipinski definition) is 0. The summed E-state index contributed by atoms with van der Waals surface area (Å²) in [5.74, 6) is 0. The van der Waals surface area contributed by atoms with Gasteiger partial charge in [0, 0.05) is 12.3 Å². The molecule has 0 aromatic rings. The highest BCUT2D eigenvalue weighted by atomic mass is 32.2. The largest absolute Gasteiger partial charge is 0.301 e. The van der Waals surface area contributed by atoms with Crippen LogP contribution in [0.2, 0.25) is 0 Å². The molecule has 0 unspecified atom stereocenters. The summed E-state index contributed by atoms with van der Waals surface area (Å²) >= 11 is 0. The number of sulfone groups is 1. The Bertz CT molecular complexity index is 266. The molecule has 0 aliphatic carbocycles. The van der Waals surface area contributed by atoms with Gasteiger partial charge in [0.1, 0.15) is 9.84 Å². The third-order valence-electron chi connectivity index (χ3n) is 3.30. The quantitative estimate of drug-likeness (QED) is 0.718. The fraction of sp³-hybridized carbons (Fsp3) is 1.00. The topological polar surface area (TPSA) is 37.4 Å². The molecule has 0 saturated carbocycles. The summed E-state index contributed by atoms with van der Waals surface area (Å²) in [6.45, 7) is 6.26. The van der Waals surface area contributed by atoms with Crippen LogP contribution < -0.4 is 0 Å². The van der Waals surface area contributed by atoms with E-state index in [1.807, 2.05) is 0 Å². The Labute approximate surface area is 87.4 Å². The zero-order chi connectivity index (χ0) is 10.8. The van der Waals surface area contributed by atoms with E-state index in [9.17, 15) is 8.42 Å². The molecular weight excluding hydrogens is 198 g/mol. The maximum Gasteiger partial charge on any atom is 0.150 e. The Morgan fingerprint density at radius 2 is 1.86 bits per heavy atom. The first-order valence-corrected chi connectivity index (χ1v) is 7.33. The zero-order valence-electron chi connectivity index (χ0n) is 9.36. The highest BCUT2D eigenvalue weighted by Crippen LogP contribution is 2.19. The molecule has 1 rings (SSSR count). The molecule has 84 valence electrons. The van der Waals surface area contributed by atoms with Gasteiger partial charge in [-0.2, -0.15) is 0 Å². The van der Waals surface area contributed by atoms with Gasteiger partial charge in [-0.05, 0) is 39.3 Å². The van der Waals surface area contributed by atoms with Crippen molar-refractivity contribution in [2.45, 2.75) is 44.4 Å². The summed E-state index contributed by atoms with van der Waals surface area (Å²) in [5.41, 5.74) is 0. The normalized spacial score (nSPS) is 23.6. The van der Waals surface area contributed by atoms with Crippen LogP contribution in [0.4, 0.5) is 0 Å². The van der Waals surface area contributed by atoms with E-state index in [1.165, 1.54) is 6.26 Å². The monoisotopic (exact) mass is 219 g/mol. The van der Waals surface area contributed by atoms with Crippen molar-refractivity contribution in [3.63, 3.8) is 0 Å². The molecule has 0 aromatic carbocycles. The first-order chi connectivity index (χ1) is 6.45. The first-order valence-electron chi connectivity index (χ1n) is 5.38. The van der Waals surface area contributed by atoms with Crippen LogP contribution in [0.1, 0.15) is 33.1 Å². The lowest BCUT2D eigenvalue weighted by atomic mass is 10.1. The number of rotatable bonds is 3. The maximum absolute atomic E-state index is 11.3. The minimum absolute atomic E-state index is 0.0946. The lowest BCUT2D eigenvalue weighted by Gasteiger charge is -2.34. The standard InChI is InChI=1S/C10H21NO2S/c1-4-9(2)11-7-5-10(6-8-11)14(3,12)13/h9-10H,4-8H2,1-3H3/t9-/m0/s1. The van der Waals surface area contributed by atoms with Gasteiger partial charge in [0.25, 0.3) is 0 Å². The van der Waals surface area contributed by atoms with Crippen molar-refractivity contribution in [2.24, 2.45) is 0 Å². The van der Waals surface area contributed by atoms with E-state index < -0.39 is 9.84 Å². The molecule has 1 saturated heterocycles. The van der Waals surface area contributed by atoms with Gasteiger partial charge in [-0.1, -0.05) is 6.92 Å². The van der Waals surface area contributed by atoms with Gasteiger partial charge in [0.15, 0.2) is 0 Å². The van der Waals surface area contributed by atoms with Crippen molar-refractivity contribution in [3.8, 4) is 0 Å². The predicted molar refractivity (Wildman–Crippen MR) is 59.2 cm³/mol. The van der Waals surface area contributed by atoms with Gasteiger partial charge in [0.2, 0.25) is 0 Å². The van der Waals surface area contributed by atoms with Gasteiger partial charge >= 0.3 is 0 Å². The summed E-state index contributed by atoms with van der Waals surface area (Å²) < 4.78 is 22.6. The first kappa shape index (κ1) is 12.0. The molecule has 0 amide bonds. The Balaban J connectivity index is 2.47. The van der Waals surface area contributed by atoms with Gasteiger partial charge in [-0.15, -0.1) is 0 Å². The second kappa shape index (κ2) is 4.62. The van der Waals surface area contributed by atoms with Crippen molar-refractivity contribution in [3.05, 3.63) is 0 Å². The van der Waals surface area contributed by atoms with Gasteiger partial charge < -0.3 is 4.90 Å². The number of hydrogen-bond acceptors (Lipinski definition) is 3. The highest BCUT2D eigenvalue weighted by molar-refractivity contribution is 7.91. The smallest absolute Gasteiger partial charge is 0.150 e. The van der Waals surface area contributed by atoms with Crippen LogP contribution >= 0.6 is 0 Å². The summed E-state index contributed by atoms with van der Waals surface area (Å²) in [7, 11) is -2.81. The summed E-state index contributed by atoms with van der Waals surface area (Å²) in [6.07, 6.45) is 4.12. The molecule has 0 aromatic heterocycles. The SMILES string of the molecule is CC[C@H](C)N1CCC(S(C)(=O)=O)CC1. The molecule has 1 atom stereocenters. The van der Waals surface area contributed by atoms with E-state index in [-0.39, 0.29) is 5.25 Å². The lowest BCUT2D eigenvalue weighted by Crippen LogP contribution is -2.43. The van der Waals surface area contributed by atoms with Gasteiger partial charge in [-0.25, -0.2) is 8.42 Å². The maximum atomic E-state index is 11.3. The fourth-order valence-electron chi connectivity index (χ4n) is 2.00. The van der Waals surface area contributed by atoms with Crippen molar-refractivity contribution < 1.29 is 8.42 Å². The molecule has 0 bridgehead atoms. The molecule has 1 heterocycles. The van der Waals surface area contributed by atoms with Crippen molar-refractivity contribution in [1.82, 2.24) is 4.90 Å². The average Bonchev–Trinajstić information content (AvgIpc) is 2.15. The van der Waals surface area contributed by atoms with Gasteiger partial charge in [0.05, 0.1) is 5.25 Å². The number of likely N-dealkylation sites (tertiary alicyclic amines) is 1. The van der Waals surface area contributed by atoms with Crippen LogP contribution in [0, 0.1) is 0 Å². The molecular formula is C10H21NO2S. The molecule has 14 heavy (non-hydrogen) atoms. The molecule has 4 heteroatoms. The Morgan fingerprint density at radius 3 is 2.21 bits per heavy atom. The average molecular weight is 219 g/mol. The second-order valence-electron chi connectivity index (χ2n) is 4.32. The summed E-state index contributed by atoms with van der Waals surface area (Å²) in [4.78, 5) is 2.39. The molecule has 0 radical (unpaired) electrons. The van der Waals surface area contributed by atoms with Gasteiger partial charge in [-0.3, -0.25) is 0 Å². The van der Waals surface area contributed by atoms with E-state index in [0.29, 0.717) is 6.04 Å². The molecule has 1 aliphatic rings. The molecule has 1 aliphatic heterocycles. The highest BCUT2D eigenvalue weighted by Gasteiger charge is 2.27. The van der Waals surface area contributed by atoms with E-state index in [4.69, 9.17) is 0 Å². The zero-order valence-corrected chi connectivity index (χ0v) is 10.2. The van der Waals surface area contributed by atoms with E-state index in [1.54, 1.807) is 0 Å². The Kier molecular flexibility index (Phi) is 3.95. The molecule has 1 fully saturated rings. The number of nitrogens with zero attached hydrogens (tertiary/aromatic N) is 1. The third-order valence-corrected chi connectivity index (χ3v) is 4.98. The second-order valence-corrected chi connectivity index (χ2v) is 6.65. The Hall–Kier alpha value is -0.0900. The summed E-state index contributed by atoms with van der Waals surface area (Å²) in [5, 5.41) is -0.0946. The third kappa shape index (κ3) is 2.95. The van der Waals surface area contributed by atoms with Crippen LogP contribution in [-0.2, 0) is 9.84 Å². The van der Waals surface area contributed by atoms with E-state index in [0.717, 1.165) is 32.4 Å². The van der Waals surface area contributed by atoms with E-state index in [2.05, 4.69) is 18.7 Å². The molecule has 0 spiro atoms. The van der Waals surface area contributed by atoms with Crippen molar-refractivity contribution in [1.29, 1.82) is 0 Å². The fourth-order valence-corrected chi connectivity index (χ4v) is 3.07. The Morgan fingerprint density at radius 1 is 1.36 bits per heavy atom. The number of piperidine rings is 1. The van der Waals surface area contributed by atoms with Crippen molar-refractivity contribution >= 4 is 9.84 Å². The van der Waals surface area contributed by atoms with Crippen LogP contribution in [0.3, 0.4) is 0 Å². The van der Waals surface area contributed by atoms with Crippen LogP contribution in [0.15, 0.2) is 0 Å². The minimum atomic E-state index is -2.81. The van der Waals surface area contributed by atoms with Crippen LogP contribution in [0.25, 0.3) is 0 Å².